The Bertz CT molecular complexity index is 828. The van der Waals surface area contributed by atoms with Crippen LogP contribution in [0, 0.1) is 0 Å². The van der Waals surface area contributed by atoms with Gasteiger partial charge in [0.05, 0.1) is 18.3 Å². The van der Waals surface area contributed by atoms with Crippen LogP contribution in [-0.4, -0.2) is 25.1 Å². The second-order valence-corrected chi connectivity index (χ2v) is 5.67. The zero-order chi connectivity index (χ0) is 16.9. The van der Waals surface area contributed by atoms with Crippen molar-refractivity contribution >= 4 is 22.8 Å². The Morgan fingerprint density at radius 3 is 2.67 bits per heavy atom. The van der Waals surface area contributed by atoms with Crippen LogP contribution in [0.3, 0.4) is 0 Å². The van der Waals surface area contributed by atoms with Crippen molar-refractivity contribution in [3.8, 4) is 0 Å². The van der Waals surface area contributed by atoms with Gasteiger partial charge in [-0.3, -0.25) is 0 Å². The first-order chi connectivity index (χ1) is 11.6. The molecule has 0 spiro atoms. The third-order valence-corrected chi connectivity index (χ3v) is 3.69. The SMILES string of the molecule is CN(C)c1cc(CNC(=O)NCc2ccco2)c2ccccc2n1. The molecule has 1 aromatic carbocycles. The van der Waals surface area contributed by atoms with Gasteiger partial charge in [0.2, 0.25) is 0 Å². The van der Waals surface area contributed by atoms with Crippen molar-refractivity contribution in [2.75, 3.05) is 19.0 Å². The van der Waals surface area contributed by atoms with E-state index in [9.17, 15) is 4.79 Å². The van der Waals surface area contributed by atoms with E-state index in [0.29, 0.717) is 13.1 Å². The highest BCUT2D eigenvalue weighted by Gasteiger charge is 2.08. The summed E-state index contributed by atoms with van der Waals surface area (Å²) in [5.74, 6) is 1.58. The topological polar surface area (TPSA) is 70.4 Å². The second kappa shape index (κ2) is 7.04. The number of benzene rings is 1. The third-order valence-electron chi connectivity index (χ3n) is 3.69. The van der Waals surface area contributed by atoms with Gasteiger partial charge in [0.15, 0.2) is 0 Å². The number of aromatic nitrogens is 1. The molecule has 2 N–H and O–H groups in total. The van der Waals surface area contributed by atoms with Crippen LogP contribution in [0.5, 0.6) is 0 Å². The number of urea groups is 1. The Hall–Kier alpha value is -3.02. The number of anilines is 1. The third kappa shape index (κ3) is 3.65. The van der Waals surface area contributed by atoms with Gasteiger partial charge in [-0.2, -0.15) is 0 Å². The Balaban J connectivity index is 1.70. The first-order valence-corrected chi connectivity index (χ1v) is 7.73. The number of rotatable bonds is 5. The standard InChI is InChI=1S/C18H20N4O2/c1-22(2)17-10-13(15-7-3-4-8-16(15)21-17)11-19-18(23)20-12-14-6-5-9-24-14/h3-10H,11-12H2,1-2H3,(H2,19,20,23). The molecular formula is C18H20N4O2. The number of pyridine rings is 1. The van der Waals surface area contributed by atoms with Crippen LogP contribution in [0.25, 0.3) is 10.9 Å². The molecule has 0 aliphatic heterocycles. The van der Waals surface area contributed by atoms with Gasteiger partial charge in [-0.15, -0.1) is 0 Å². The quantitative estimate of drug-likeness (QED) is 0.757. The number of nitrogens with zero attached hydrogens (tertiary/aromatic N) is 2. The summed E-state index contributed by atoms with van der Waals surface area (Å²) >= 11 is 0. The van der Waals surface area contributed by atoms with E-state index in [0.717, 1.165) is 28.0 Å². The van der Waals surface area contributed by atoms with E-state index in [1.54, 1.807) is 12.3 Å². The number of furan rings is 1. The lowest BCUT2D eigenvalue weighted by Gasteiger charge is -2.15. The monoisotopic (exact) mass is 324 g/mol. The van der Waals surface area contributed by atoms with Crippen LogP contribution in [0.2, 0.25) is 0 Å². The molecule has 2 aromatic heterocycles. The number of hydrogen-bond acceptors (Lipinski definition) is 4. The van der Waals surface area contributed by atoms with Crippen LogP contribution >= 0.6 is 0 Å². The van der Waals surface area contributed by atoms with Crippen molar-refractivity contribution in [1.29, 1.82) is 0 Å². The Kier molecular flexibility index (Phi) is 4.65. The van der Waals surface area contributed by atoms with Crippen molar-refractivity contribution < 1.29 is 9.21 Å². The molecule has 0 aliphatic rings. The van der Waals surface area contributed by atoms with Crippen LogP contribution in [0.1, 0.15) is 11.3 Å². The first-order valence-electron chi connectivity index (χ1n) is 7.73. The number of nitrogens with one attached hydrogen (secondary N) is 2. The molecule has 24 heavy (non-hydrogen) atoms. The number of fused-ring (bicyclic) bond motifs is 1. The molecule has 6 heteroatoms. The fourth-order valence-corrected chi connectivity index (χ4v) is 2.43. The number of amides is 2. The summed E-state index contributed by atoms with van der Waals surface area (Å²) in [6, 6.07) is 13.3. The average molecular weight is 324 g/mol. The molecule has 0 radical (unpaired) electrons. The van der Waals surface area contributed by atoms with Crippen molar-refractivity contribution in [3.63, 3.8) is 0 Å². The van der Waals surface area contributed by atoms with Crippen LogP contribution in [0.15, 0.2) is 53.1 Å². The van der Waals surface area contributed by atoms with Gasteiger partial charge in [0.1, 0.15) is 11.6 Å². The summed E-state index contributed by atoms with van der Waals surface area (Å²) in [7, 11) is 3.90. The Morgan fingerprint density at radius 1 is 1.12 bits per heavy atom. The van der Waals surface area contributed by atoms with Crippen LogP contribution in [0.4, 0.5) is 10.6 Å². The molecule has 3 rings (SSSR count). The minimum atomic E-state index is -0.237. The van der Waals surface area contributed by atoms with E-state index in [1.807, 2.05) is 55.4 Å². The normalized spacial score (nSPS) is 10.6. The van der Waals surface area contributed by atoms with E-state index in [1.165, 1.54) is 0 Å². The molecule has 2 amide bonds. The molecule has 0 aliphatic carbocycles. The minimum Gasteiger partial charge on any atom is -0.467 e. The Morgan fingerprint density at radius 2 is 1.92 bits per heavy atom. The maximum atomic E-state index is 12.0. The molecule has 0 fully saturated rings. The number of hydrogen-bond donors (Lipinski definition) is 2. The molecule has 0 atom stereocenters. The number of carbonyl (C=O) groups excluding carboxylic acids is 1. The predicted molar refractivity (Wildman–Crippen MR) is 93.9 cm³/mol. The average Bonchev–Trinajstić information content (AvgIpc) is 3.11. The van der Waals surface area contributed by atoms with Crippen molar-refractivity contribution in [3.05, 3.63) is 60.1 Å². The zero-order valence-electron chi connectivity index (χ0n) is 13.7. The largest absolute Gasteiger partial charge is 0.467 e. The highest BCUT2D eigenvalue weighted by molar-refractivity contribution is 5.84. The smallest absolute Gasteiger partial charge is 0.315 e. The molecule has 6 nitrogen and oxygen atoms in total. The highest BCUT2D eigenvalue weighted by atomic mass is 16.3. The van der Waals surface area contributed by atoms with E-state index >= 15 is 0 Å². The summed E-state index contributed by atoms with van der Waals surface area (Å²) in [5, 5.41) is 6.69. The molecule has 2 heterocycles. The van der Waals surface area contributed by atoms with Gasteiger partial charge in [-0.05, 0) is 29.8 Å². The van der Waals surface area contributed by atoms with Crippen molar-refractivity contribution in [2.45, 2.75) is 13.1 Å². The Labute approximate surface area is 140 Å². The van der Waals surface area contributed by atoms with E-state index < -0.39 is 0 Å². The first kappa shape index (κ1) is 15.9. The fraction of sp³-hybridized carbons (Fsp3) is 0.222. The summed E-state index contributed by atoms with van der Waals surface area (Å²) in [6.07, 6.45) is 1.58. The summed E-state index contributed by atoms with van der Waals surface area (Å²) in [5.41, 5.74) is 1.94. The summed E-state index contributed by atoms with van der Waals surface area (Å²) in [6.45, 7) is 0.784. The van der Waals surface area contributed by atoms with Gasteiger partial charge in [-0.1, -0.05) is 18.2 Å². The lowest BCUT2D eigenvalue weighted by atomic mass is 10.1. The molecular weight excluding hydrogens is 304 g/mol. The molecule has 3 aromatic rings. The van der Waals surface area contributed by atoms with Gasteiger partial charge in [0, 0.05) is 26.0 Å². The summed E-state index contributed by atoms with van der Waals surface area (Å²) in [4.78, 5) is 18.5. The molecule has 0 saturated carbocycles. The molecule has 0 bridgehead atoms. The molecule has 0 unspecified atom stereocenters. The number of carbonyl (C=O) groups is 1. The van der Waals surface area contributed by atoms with Gasteiger partial charge < -0.3 is 20.0 Å². The maximum Gasteiger partial charge on any atom is 0.315 e. The van der Waals surface area contributed by atoms with E-state index in [2.05, 4.69) is 15.6 Å². The van der Waals surface area contributed by atoms with E-state index in [-0.39, 0.29) is 6.03 Å². The minimum absolute atomic E-state index is 0.237. The zero-order valence-corrected chi connectivity index (χ0v) is 13.7. The second-order valence-electron chi connectivity index (χ2n) is 5.67. The molecule has 124 valence electrons. The fourth-order valence-electron chi connectivity index (χ4n) is 2.43. The van der Waals surface area contributed by atoms with Crippen molar-refractivity contribution in [1.82, 2.24) is 15.6 Å². The van der Waals surface area contributed by atoms with E-state index in [4.69, 9.17) is 4.42 Å². The van der Waals surface area contributed by atoms with Crippen molar-refractivity contribution in [2.24, 2.45) is 0 Å². The maximum absolute atomic E-state index is 12.0. The molecule has 0 saturated heterocycles. The van der Waals surface area contributed by atoms with Crippen LogP contribution < -0.4 is 15.5 Å². The van der Waals surface area contributed by atoms with Crippen LogP contribution in [-0.2, 0) is 13.1 Å². The summed E-state index contributed by atoms with van der Waals surface area (Å²) < 4.78 is 5.19. The lowest BCUT2D eigenvalue weighted by molar-refractivity contribution is 0.239. The number of para-hydroxylation sites is 1. The predicted octanol–water partition coefficient (Wildman–Crippen LogP) is 2.89. The highest BCUT2D eigenvalue weighted by Crippen LogP contribution is 2.21. The lowest BCUT2D eigenvalue weighted by Crippen LogP contribution is -2.34. The van der Waals surface area contributed by atoms with Gasteiger partial charge in [-0.25, -0.2) is 9.78 Å². The van der Waals surface area contributed by atoms with Gasteiger partial charge >= 0.3 is 6.03 Å². The van der Waals surface area contributed by atoms with Gasteiger partial charge in [0.25, 0.3) is 0 Å².